The van der Waals surface area contributed by atoms with Crippen LogP contribution in [0.4, 0.5) is 22.7 Å². The van der Waals surface area contributed by atoms with Gasteiger partial charge in [0.25, 0.3) is 0 Å². The highest BCUT2D eigenvalue weighted by atomic mass is 32.1. The molecule has 2 aliphatic heterocycles. The molecule has 2 unspecified atom stereocenters. The second-order valence-electron chi connectivity index (χ2n) is 20.3. The zero-order chi connectivity index (χ0) is 38.2. The standard InChI is InChI=1S/C50H57BN2S/c1-46(2,3)30-18-21-33(22-19-30)52-40-28-31(47(4,5)6)20-23-34(40)36-29-37-35-16-12-13-17-41(35)54-45(37)44-42(36)51-39-27-32(48(7,8)9)26-38-43(39)53(44)50(11)25-15-14-24-49(38,50)10/h12-13,16-23,26-29,51-52H,14-15,24-25H2,1-11H3. The molecule has 54 heavy (non-hydrogen) atoms. The van der Waals surface area contributed by atoms with Crippen LogP contribution in [-0.2, 0) is 21.7 Å². The van der Waals surface area contributed by atoms with Gasteiger partial charge in [0.05, 0.1) is 15.9 Å². The lowest BCUT2D eigenvalue weighted by atomic mass is 9.57. The Morgan fingerprint density at radius 3 is 2.02 bits per heavy atom. The summed E-state index contributed by atoms with van der Waals surface area (Å²) in [6, 6.07) is 33.2. The first-order valence-corrected chi connectivity index (χ1v) is 21.2. The molecular weight excluding hydrogens is 671 g/mol. The quantitative estimate of drug-likeness (QED) is 0.183. The van der Waals surface area contributed by atoms with Crippen molar-refractivity contribution < 1.29 is 0 Å². The Kier molecular flexibility index (Phi) is 7.76. The van der Waals surface area contributed by atoms with Crippen molar-refractivity contribution in [2.24, 2.45) is 0 Å². The van der Waals surface area contributed by atoms with Gasteiger partial charge in [-0.1, -0.05) is 142 Å². The maximum Gasteiger partial charge on any atom is 0.198 e. The molecule has 4 heteroatoms. The SMILES string of the molecule is CC(C)(C)c1ccc(Nc2cc(C(C)(C)C)ccc2-c2cc3c(sc4ccccc43)c3c2Bc2cc(C(C)(C)C)cc4c2N3C2(C)CCCCC42C)cc1. The highest BCUT2D eigenvalue weighted by Gasteiger charge is 2.60. The first-order valence-electron chi connectivity index (χ1n) is 20.4. The van der Waals surface area contributed by atoms with Crippen LogP contribution in [0, 0.1) is 0 Å². The normalized spacial score (nSPS) is 20.8. The molecule has 5 aromatic carbocycles. The molecule has 1 saturated carbocycles. The first-order chi connectivity index (χ1) is 25.4. The second kappa shape index (κ2) is 11.7. The van der Waals surface area contributed by atoms with Crippen molar-refractivity contribution in [1.29, 1.82) is 0 Å². The van der Waals surface area contributed by atoms with E-state index in [0.29, 0.717) is 0 Å². The lowest BCUT2D eigenvalue weighted by Crippen LogP contribution is -2.57. The number of nitrogens with zero attached hydrogens (tertiary/aromatic N) is 1. The van der Waals surface area contributed by atoms with Crippen LogP contribution < -0.4 is 21.1 Å². The summed E-state index contributed by atoms with van der Waals surface area (Å²) in [5.74, 6) is 0. The van der Waals surface area contributed by atoms with Crippen LogP contribution in [0.25, 0.3) is 31.3 Å². The summed E-state index contributed by atoms with van der Waals surface area (Å²) in [7, 11) is 0.935. The Balaban J connectivity index is 1.35. The lowest BCUT2D eigenvalue weighted by Gasteiger charge is -2.51. The predicted molar refractivity (Wildman–Crippen MR) is 240 cm³/mol. The molecule has 9 rings (SSSR count). The molecule has 2 atom stereocenters. The molecule has 1 aliphatic carbocycles. The second-order valence-corrected chi connectivity index (χ2v) is 21.3. The number of benzene rings is 5. The van der Waals surface area contributed by atoms with E-state index in [9.17, 15) is 0 Å². The van der Waals surface area contributed by atoms with Gasteiger partial charge in [0.1, 0.15) is 0 Å². The van der Waals surface area contributed by atoms with E-state index in [1.54, 1.807) is 5.56 Å². The Morgan fingerprint density at radius 2 is 1.31 bits per heavy atom. The fourth-order valence-electron chi connectivity index (χ4n) is 10.1. The van der Waals surface area contributed by atoms with Crippen molar-refractivity contribution in [2.45, 2.75) is 129 Å². The summed E-state index contributed by atoms with van der Waals surface area (Å²) in [4.78, 5) is 2.91. The number of nitrogens with one attached hydrogen (secondary N) is 1. The van der Waals surface area contributed by atoms with Gasteiger partial charge in [-0.15, -0.1) is 11.3 Å². The van der Waals surface area contributed by atoms with Gasteiger partial charge in [-0.25, -0.2) is 0 Å². The third-order valence-corrected chi connectivity index (χ3v) is 14.9. The number of fused-ring (bicyclic) bond motifs is 9. The molecule has 0 bridgehead atoms. The molecule has 0 amide bonds. The van der Waals surface area contributed by atoms with Crippen LogP contribution >= 0.6 is 11.3 Å². The van der Waals surface area contributed by atoms with Crippen molar-refractivity contribution in [3.05, 3.63) is 107 Å². The van der Waals surface area contributed by atoms with Gasteiger partial charge in [-0.05, 0) is 99.6 Å². The summed E-state index contributed by atoms with van der Waals surface area (Å²) in [5.41, 5.74) is 16.9. The molecule has 0 radical (unpaired) electrons. The van der Waals surface area contributed by atoms with Gasteiger partial charge in [0, 0.05) is 43.5 Å². The minimum Gasteiger partial charge on any atom is -0.355 e. The molecule has 6 aromatic rings. The zero-order valence-corrected chi connectivity index (χ0v) is 35.3. The Morgan fingerprint density at radius 1 is 0.648 bits per heavy atom. The monoisotopic (exact) mass is 728 g/mol. The minimum atomic E-state index is -0.0122. The van der Waals surface area contributed by atoms with Crippen LogP contribution in [0.3, 0.4) is 0 Å². The van der Waals surface area contributed by atoms with Crippen molar-refractivity contribution in [1.82, 2.24) is 0 Å². The number of rotatable bonds is 3. The van der Waals surface area contributed by atoms with Crippen LogP contribution in [0.5, 0.6) is 0 Å². The van der Waals surface area contributed by atoms with Crippen LogP contribution in [0.1, 0.15) is 124 Å². The van der Waals surface area contributed by atoms with Gasteiger partial charge in [-0.2, -0.15) is 0 Å². The molecule has 2 nitrogen and oxygen atoms in total. The summed E-state index contributed by atoms with van der Waals surface area (Å²) in [5, 5.41) is 6.73. The summed E-state index contributed by atoms with van der Waals surface area (Å²) < 4.78 is 2.82. The van der Waals surface area contributed by atoms with E-state index < -0.39 is 0 Å². The predicted octanol–water partition coefficient (Wildman–Crippen LogP) is 12.8. The van der Waals surface area contributed by atoms with E-state index >= 15 is 0 Å². The summed E-state index contributed by atoms with van der Waals surface area (Å²) >= 11 is 2.00. The molecule has 1 aromatic heterocycles. The van der Waals surface area contributed by atoms with Crippen molar-refractivity contribution >= 4 is 72.5 Å². The molecule has 3 heterocycles. The smallest absolute Gasteiger partial charge is 0.198 e. The average molecular weight is 729 g/mol. The highest BCUT2D eigenvalue weighted by molar-refractivity contribution is 7.26. The third-order valence-electron chi connectivity index (χ3n) is 13.7. The van der Waals surface area contributed by atoms with E-state index in [1.807, 2.05) is 11.3 Å². The van der Waals surface area contributed by atoms with Crippen molar-refractivity contribution in [3.63, 3.8) is 0 Å². The van der Waals surface area contributed by atoms with E-state index in [-0.39, 0.29) is 27.2 Å². The van der Waals surface area contributed by atoms with Gasteiger partial charge in [0.2, 0.25) is 0 Å². The largest absolute Gasteiger partial charge is 0.355 e. The molecule has 1 fully saturated rings. The lowest BCUT2D eigenvalue weighted by molar-refractivity contribution is 0.195. The zero-order valence-electron chi connectivity index (χ0n) is 34.5. The number of thiophene rings is 1. The fourth-order valence-corrected chi connectivity index (χ4v) is 11.4. The van der Waals surface area contributed by atoms with Gasteiger partial charge in [0.15, 0.2) is 7.28 Å². The van der Waals surface area contributed by atoms with E-state index in [0.717, 1.165) is 13.0 Å². The maximum absolute atomic E-state index is 3.98. The van der Waals surface area contributed by atoms with E-state index in [1.165, 1.54) is 102 Å². The minimum absolute atomic E-state index is 0.0122. The molecule has 0 saturated heterocycles. The molecular formula is C50H57BN2S. The van der Waals surface area contributed by atoms with E-state index in [2.05, 4.69) is 171 Å². The third kappa shape index (κ3) is 5.25. The molecule has 0 spiro atoms. The van der Waals surface area contributed by atoms with Gasteiger partial charge in [-0.3, -0.25) is 0 Å². The topological polar surface area (TPSA) is 15.3 Å². The Labute approximate surface area is 328 Å². The molecule has 3 aliphatic rings. The maximum atomic E-state index is 3.98. The van der Waals surface area contributed by atoms with Gasteiger partial charge >= 0.3 is 0 Å². The van der Waals surface area contributed by atoms with Crippen molar-refractivity contribution in [3.8, 4) is 11.1 Å². The number of anilines is 4. The fraction of sp³-hybridized carbons (Fsp3) is 0.400. The van der Waals surface area contributed by atoms with Crippen LogP contribution in [0.2, 0.25) is 0 Å². The number of hydrogen-bond acceptors (Lipinski definition) is 3. The Hall–Kier alpha value is -4.02. The first kappa shape index (κ1) is 35.7. The van der Waals surface area contributed by atoms with Crippen LogP contribution in [0.15, 0.2) is 84.9 Å². The summed E-state index contributed by atoms with van der Waals surface area (Å²) in [6.45, 7) is 26.2. The molecule has 276 valence electrons. The van der Waals surface area contributed by atoms with Crippen LogP contribution in [-0.4, -0.2) is 12.8 Å². The summed E-state index contributed by atoms with van der Waals surface area (Å²) in [6.07, 6.45) is 5.02. The van der Waals surface area contributed by atoms with E-state index in [4.69, 9.17) is 0 Å². The average Bonchev–Trinajstić information content (AvgIpc) is 3.58. The molecule has 1 N–H and O–H groups in total. The van der Waals surface area contributed by atoms with Gasteiger partial charge < -0.3 is 10.2 Å². The number of hydrogen-bond donors (Lipinski definition) is 1. The van der Waals surface area contributed by atoms with Crippen molar-refractivity contribution in [2.75, 3.05) is 10.2 Å². The highest BCUT2D eigenvalue weighted by Crippen LogP contribution is 2.62. The Bertz CT molecular complexity index is 2480.